The van der Waals surface area contributed by atoms with Gasteiger partial charge in [0.2, 0.25) is 5.91 Å². The molecule has 1 aromatic heterocycles. The minimum absolute atomic E-state index is 0.0749. The number of hydrogen-bond acceptors (Lipinski definition) is 7. The number of hydrogen-bond donors (Lipinski definition) is 1. The minimum atomic E-state index is -4.29. The van der Waals surface area contributed by atoms with Crippen molar-refractivity contribution in [2.75, 3.05) is 64.4 Å². The predicted molar refractivity (Wildman–Crippen MR) is 113 cm³/mol. The highest BCUT2D eigenvalue weighted by molar-refractivity contribution is 7.16. The fourth-order valence-corrected chi connectivity index (χ4v) is 4.19. The predicted octanol–water partition coefficient (Wildman–Crippen LogP) is 3.01. The van der Waals surface area contributed by atoms with Crippen LogP contribution in [0.3, 0.4) is 0 Å². The van der Waals surface area contributed by atoms with E-state index in [0.29, 0.717) is 36.6 Å². The number of rotatable bonds is 11. The number of alkyl halides is 3. The number of amides is 1. The molecule has 0 spiro atoms. The van der Waals surface area contributed by atoms with E-state index < -0.39 is 18.8 Å². The molecule has 0 unspecified atom stereocenters. The average molecular weight is 466 g/mol. The molecule has 0 aromatic carbocycles. The molecule has 2 rings (SSSR count). The van der Waals surface area contributed by atoms with Crippen LogP contribution in [-0.4, -0.2) is 86.9 Å². The summed E-state index contributed by atoms with van der Waals surface area (Å²) in [6.45, 7) is 6.57. The van der Waals surface area contributed by atoms with Crippen molar-refractivity contribution in [3.05, 3.63) is 16.5 Å². The van der Waals surface area contributed by atoms with Gasteiger partial charge < -0.3 is 19.7 Å². The highest BCUT2D eigenvalue weighted by atomic mass is 32.1. The summed E-state index contributed by atoms with van der Waals surface area (Å²) < 4.78 is 45.8. The Hall–Kier alpha value is -1.69. The molecule has 7 nitrogen and oxygen atoms in total. The van der Waals surface area contributed by atoms with Gasteiger partial charge >= 0.3 is 12.1 Å². The lowest BCUT2D eigenvalue weighted by molar-refractivity contribution is -0.174. The summed E-state index contributed by atoms with van der Waals surface area (Å²) in [5.74, 6) is -0.634. The first kappa shape index (κ1) is 25.6. The van der Waals surface area contributed by atoms with E-state index >= 15 is 0 Å². The largest absolute Gasteiger partial charge is 0.462 e. The van der Waals surface area contributed by atoms with E-state index in [0.717, 1.165) is 24.4 Å². The molecule has 11 heteroatoms. The smallest absolute Gasteiger partial charge is 0.411 e. The number of anilines is 1. The van der Waals surface area contributed by atoms with Crippen LogP contribution in [0.1, 0.15) is 35.5 Å². The summed E-state index contributed by atoms with van der Waals surface area (Å²) in [6.07, 6.45) is -2.99. The lowest BCUT2D eigenvalue weighted by atomic mass is 10.2. The highest BCUT2D eigenvalue weighted by Gasteiger charge is 2.27. The third kappa shape index (κ3) is 9.14. The molecule has 0 radical (unpaired) electrons. The molecule has 1 aliphatic heterocycles. The summed E-state index contributed by atoms with van der Waals surface area (Å²) >= 11 is 1.38. The second-order valence-corrected chi connectivity index (χ2v) is 8.35. The molecule has 0 aliphatic carbocycles. The third-order valence-electron chi connectivity index (χ3n) is 4.74. The number of thiophene rings is 1. The Kier molecular flexibility index (Phi) is 10.2. The Morgan fingerprint density at radius 2 is 1.84 bits per heavy atom. The fraction of sp³-hybridized carbons (Fsp3) is 0.700. The number of piperazine rings is 1. The summed E-state index contributed by atoms with van der Waals surface area (Å²) in [4.78, 5) is 29.8. The van der Waals surface area contributed by atoms with E-state index in [4.69, 9.17) is 4.74 Å². The van der Waals surface area contributed by atoms with Crippen LogP contribution in [0.25, 0.3) is 0 Å². The Labute approximate surface area is 184 Å². The van der Waals surface area contributed by atoms with E-state index in [1.165, 1.54) is 11.3 Å². The zero-order chi connectivity index (χ0) is 22.9. The molecular formula is C20H30F3N3O4S. The molecule has 176 valence electrons. The molecule has 1 saturated heterocycles. The molecule has 2 heterocycles. The molecule has 1 N–H and O–H groups in total. The molecule has 31 heavy (non-hydrogen) atoms. The SMILES string of the molecule is CCOC(=O)c1cc(CC)sc1NC(=O)CN1CCN(CCCOCC(F)(F)F)CC1. The number of aryl methyl sites for hydroxylation is 1. The number of nitrogens with one attached hydrogen (secondary N) is 1. The maximum atomic E-state index is 12.5. The first-order valence-electron chi connectivity index (χ1n) is 10.4. The van der Waals surface area contributed by atoms with E-state index in [1.807, 2.05) is 11.8 Å². The van der Waals surface area contributed by atoms with Crippen LogP contribution in [0.4, 0.5) is 18.2 Å². The van der Waals surface area contributed by atoms with Crippen LogP contribution in [0.5, 0.6) is 0 Å². The number of halogens is 3. The molecule has 1 amide bonds. The molecule has 1 aliphatic rings. The quantitative estimate of drug-likeness (QED) is 0.400. The van der Waals surface area contributed by atoms with Crippen molar-refractivity contribution in [3.63, 3.8) is 0 Å². The van der Waals surface area contributed by atoms with Gasteiger partial charge in [-0.1, -0.05) is 6.92 Å². The first-order valence-corrected chi connectivity index (χ1v) is 11.2. The number of carbonyl (C=O) groups is 2. The van der Waals surface area contributed by atoms with Gasteiger partial charge in [-0.3, -0.25) is 9.69 Å². The zero-order valence-electron chi connectivity index (χ0n) is 17.9. The standard InChI is InChI=1S/C20H30F3N3O4S/c1-3-15-12-16(19(28)30-4-2)18(31-15)24-17(27)13-26-9-7-25(8-10-26)6-5-11-29-14-20(21,22)23/h12H,3-11,13-14H2,1-2H3,(H,24,27). The number of nitrogens with zero attached hydrogens (tertiary/aromatic N) is 2. The number of carbonyl (C=O) groups excluding carboxylic acids is 2. The second-order valence-electron chi connectivity index (χ2n) is 7.22. The topological polar surface area (TPSA) is 71.1 Å². The van der Waals surface area contributed by atoms with E-state index in [1.54, 1.807) is 13.0 Å². The van der Waals surface area contributed by atoms with Crippen molar-refractivity contribution in [2.24, 2.45) is 0 Å². The normalized spacial score (nSPS) is 15.8. The van der Waals surface area contributed by atoms with Gasteiger partial charge in [0.1, 0.15) is 11.6 Å². The third-order valence-corrected chi connectivity index (χ3v) is 5.94. The van der Waals surface area contributed by atoms with Gasteiger partial charge in [-0.2, -0.15) is 13.2 Å². The van der Waals surface area contributed by atoms with Crippen molar-refractivity contribution in [1.82, 2.24) is 9.80 Å². The van der Waals surface area contributed by atoms with E-state index in [-0.39, 0.29) is 25.7 Å². The summed E-state index contributed by atoms with van der Waals surface area (Å²) in [7, 11) is 0. The van der Waals surface area contributed by atoms with Gasteiger partial charge in [0.25, 0.3) is 0 Å². The van der Waals surface area contributed by atoms with Gasteiger partial charge in [0.05, 0.1) is 18.7 Å². The van der Waals surface area contributed by atoms with Crippen LogP contribution >= 0.6 is 11.3 Å². The molecule has 0 saturated carbocycles. The van der Waals surface area contributed by atoms with Gasteiger partial charge in [-0.25, -0.2) is 4.79 Å². The van der Waals surface area contributed by atoms with E-state index in [2.05, 4.69) is 15.0 Å². The van der Waals surface area contributed by atoms with E-state index in [9.17, 15) is 22.8 Å². The lowest BCUT2D eigenvalue weighted by Crippen LogP contribution is -2.48. The van der Waals surface area contributed by atoms with Crippen molar-refractivity contribution in [2.45, 2.75) is 32.9 Å². The average Bonchev–Trinajstić information content (AvgIpc) is 3.11. The summed E-state index contributed by atoms with van der Waals surface area (Å²) in [5, 5.41) is 3.35. The monoisotopic (exact) mass is 465 g/mol. The Morgan fingerprint density at radius 3 is 2.45 bits per heavy atom. The van der Waals surface area contributed by atoms with Gasteiger partial charge in [0, 0.05) is 44.2 Å². The molecule has 1 fully saturated rings. The Balaban J connectivity index is 1.72. The maximum Gasteiger partial charge on any atom is 0.411 e. The van der Waals surface area contributed by atoms with Crippen molar-refractivity contribution in [1.29, 1.82) is 0 Å². The fourth-order valence-electron chi connectivity index (χ4n) is 3.19. The van der Waals surface area contributed by atoms with Crippen LogP contribution in [0, 0.1) is 0 Å². The highest BCUT2D eigenvalue weighted by Crippen LogP contribution is 2.29. The van der Waals surface area contributed by atoms with Crippen molar-refractivity contribution < 1.29 is 32.2 Å². The summed E-state index contributed by atoms with van der Waals surface area (Å²) in [6, 6.07) is 1.76. The number of esters is 1. The van der Waals surface area contributed by atoms with Crippen LogP contribution in [0.2, 0.25) is 0 Å². The number of ether oxygens (including phenoxy) is 2. The minimum Gasteiger partial charge on any atom is -0.462 e. The molecule has 0 atom stereocenters. The second kappa shape index (κ2) is 12.4. The van der Waals surface area contributed by atoms with Crippen molar-refractivity contribution >= 4 is 28.2 Å². The van der Waals surface area contributed by atoms with Gasteiger partial charge in [-0.05, 0) is 25.8 Å². The van der Waals surface area contributed by atoms with Crippen LogP contribution in [-0.2, 0) is 20.7 Å². The summed E-state index contributed by atoms with van der Waals surface area (Å²) in [5.41, 5.74) is 0.384. The zero-order valence-corrected chi connectivity index (χ0v) is 18.7. The molecular weight excluding hydrogens is 435 g/mol. The van der Waals surface area contributed by atoms with Crippen LogP contribution in [0.15, 0.2) is 6.07 Å². The van der Waals surface area contributed by atoms with Gasteiger partial charge in [0.15, 0.2) is 0 Å². The van der Waals surface area contributed by atoms with Gasteiger partial charge in [-0.15, -0.1) is 11.3 Å². The molecule has 1 aromatic rings. The Bertz CT molecular complexity index is 719. The first-order chi connectivity index (χ1) is 14.7. The molecule has 0 bridgehead atoms. The van der Waals surface area contributed by atoms with Crippen molar-refractivity contribution in [3.8, 4) is 0 Å². The van der Waals surface area contributed by atoms with Crippen LogP contribution < -0.4 is 5.32 Å². The maximum absolute atomic E-state index is 12.5. The lowest BCUT2D eigenvalue weighted by Gasteiger charge is -2.34. The Morgan fingerprint density at radius 1 is 1.16 bits per heavy atom.